The van der Waals surface area contributed by atoms with E-state index in [1.807, 2.05) is 43.3 Å². The predicted octanol–water partition coefficient (Wildman–Crippen LogP) is 5.08. The van der Waals surface area contributed by atoms with Crippen LogP contribution in [0.5, 0.6) is 0 Å². The van der Waals surface area contributed by atoms with Gasteiger partial charge in [-0.05, 0) is 30.4 Å². The van der Waals surface area contributed by atoms with E-state index in [4.69, 9.17) is 0 Å². The molecule has 0 saturated heterocycles. The van der Waals surface area contributed by atoms with E-state index < -0.39 is 6.04 Å². The van der Waals surface area contributed by atoms with E-state index >= 15 is 0 Å². The third-order valence-corrected chi connectivity index (χ3v) is 6.30. The number of carbonyl (C=O) groups excluding carboxylic acids is 2. The van der Waals surface area contributed by atoms with Crippen LogP contribution in [0.25, 0.3) is 0 Å². The van der Waals surface area contributed by atoms with Crippen LogP contribution in [0.4, 0.5) is 0 Å². The Morgan fingerprint density at radius 2 is 1.61 bits per heavy atom. The van der Waals surface area contributed by atoms with E-state index in [-0.39, 0.29) is 11.8 Å². The zero-order valence-electron chi connectivity index (χ0n) is 18.9. The number of nitrogens with zero attached hydrogens (tertiary/aromatic N) is 1. The third-order valence-electron chi connectivity index (χ3n) is 5.27. The molecule has 31 heavy (non-hydrogen) atoms. The highest BCUT2D eigenvalue weighted by Gasteiger charge is 2.27. The monoisotopic (exact) mass is 440 g/mol. The fraction of sp³-hybridized carbons (Fsp3) is 0.462. The summed E-state index contributed by atoms with van der Waals surface area (Å²) in [5, 5.41) is 3.02. The number of hydrogen-bond acceptors (Lipinski definition) is 3. The van der Waals surface area contributed by atoms with Crippen molar-refractivity contribution >= 4 is 23.6 Å². The molecule has 2 aromatic rings. The molecule has 0 aromatic heterocycles. The Bertz CT molecular complexity index is 767. The van der Waals surface area contributed by atoms with Gasteiger partial charge in [0.1, 0.15) is 6.04 Å². The van der Waals surface area contributed by atoms with Gasteiger partial charge in [0.15, 0.2) is 0 Å². The van der Waals surface area contributed by atoms with Gasteiger partial charge >= 0.3 is 0 Å². The lowest BCUT2D eigenvalue weighted by Gasteiger charge is -2.30. The van der Waals surface area contributed by atoms with Crippen LogP contribution < -0.4 is 5.32 Å². The fourth-order valence-corrected chi connectivity index (χ4v) is 4.36. The zero-order valence-corrected chi connectivity index (χ0v) is 19.7. The van der Waals surface area contributed by atoms with Gasteiger partial charge in [0.2, 0.25) is 11.8 Å². The lowest BCUT2D eigenvalue weighted by molar-refractivity contribution is -0.140. The van der Waals surface area contributed by atoms with Crippen LogP contribution in [0, 0.1) is 0 Å². The van der Waals surface area contributed by atoms with Crippen LogP contribution in [0.1, 0.15) is 50.7 Å². The maximum atomic E-state index is 13.1. The predicted molar refractivity (Wildman–Crippen MR) is 131 cm³/mol. The Kier molecular flexibility index (Phi) is 11.8. The number of nitrogens with one attached hydrogen (secondary N) is 1. The van der Waals surface area contributed by atoms with Crippen LogP contribution in [0.2, 0.25) is 0 Å². The van der Waals surface area contributed by atoms with E-state index in [0.717, 1.165) is 30.8 Å². The molecular formula is C26H36N2O2S. The molecule has 2 rings (SSSR count). The molecule has 1 N–H and O–H groups in total. The summed E-state index contributed by atoms with van der Waals surface area (Å²) in [7, 11) is 0. The maximum absolute atomic E-state index is 13.1. The number of thioether (sulfide) groups is 1. The molecule has 0 spiro atoms. The average molecular weight is 441 g/mol. The molecule has 1 unspecified atom stereocenters. The van der Waals surface area contributed by atoms with Crippen LogP contribution in [-0.4, -0.2) is 41.6 Å². The third kappa shape index (κ3) is 9.18. The molecule has 168 valence electrons. The first kappa shape index (κ1) is 25.0. The first-order valence-corrected chi connectivity index (χ1v) is 12.5. The van der Waals surface area contributed by atoms with Gasteiger partial charge in [-0.2, -0.15) is 11.8 Å². The molecule has 2 amide bonds. The largest absolute Gasteiger partial charge is 0.354 e. The van der Waals surface area contributed by atoms with Crippen LogP contribution in [0.15, 0.2) is 60.7 Å². The lowest BCUT2D eigenvalue weighted by atomic mass is 10.1. The van der Waals surface area contributed by atoms with Gasteiger partial charge in [0, 0.05) is 31.0 Å². The van der Waals surface area contributed by atoms with Crippen LogP contribution >= 0.6 is 11.8 Å². The van der Waals surface area contributed by atoms with Crippen molar-refractivity contribution in [2.45, 2.75) is 57.7 Å². The molecule has 0 aliphatic carbocycles. The minimum atomic E-state index is -0.410. The molecule has 1 atom stereocenters. The highest BCUT2D eigenvalue weighted by Crippen LogP contribution is 2.16. The Hall–Kier alpha value is -2.27. The molecule has 0 aliphatic heterocycles. The number of unbranched alkanes of at least 4 members (excludes halogenated alkanes) is 1. The van der Waals surface area contributed by atoms with Gasteiger partial charge in [0.05, 0.1) is 0 Å². The van der Waals surface area contributed by atoms with E-state index in [1.165, 1.54) is 11.1 Å². The topological polar surface area (TPSA) is 49.4 Å². The normalized spacial score (nSPS) is 11.7. The second-order valence-electron chi connectivity index (χ2n) is 7.68. The first-order valence-electron chi connectivity index (χ1n) is 11.4. The molecule has 0 saturated carbocycles. The lowest BCUT2D eigenvalue weighted by Crippen LogP contribution is -2.50. The zero-order chi connectivity index (χ0) is 22.3. The van der Waals surface area contributed by atoms with Crippen LogP contribution in [-0.2, 0) is 21.8 Å². The summed E-state index contributed by atoms with van der Waals surface area (Å²) in [6.07, 6.45) is 3.81. The summed E-state index contributed by atoms with van der Waals surface area (Å²) in [5.41, 5.74) is 2.45. The Balaban J connectivity index is 1.96. The summed E-state index contributed by atoms with van der Waals surface area (Å²) < 4.78 is 0. The summed E-state index contributed by atoms with van der Waals surface area (Å²) in [5.74, 6) is 1.68. The van der Waals surface area contributed by atoms with E-state index in [0.29, 0.717) is 25.9 Å². The summed E-state index contributed by atoms with van der Waals surface area (Å²) >= 11 is 1.76. The molecule has 5 heteroatoms. The second kappa shape index (κ2) is 14.7. The van der Waals surface area contributed by atoms with Gasteiger partial charge in [0.25, 0.3) is 0 Å². The molecule has 2 aromatic carbocycles. The average Bonchev–Trinajstić information content (AvgIpc) is 2.80. The summed E-state index contributed by atoms with van der Waals surface area (Å²) in [6, 6.07) is 20.0. The molecule has 0 heterocycles. The molecule has 0 aliphatic rings. The number of hydrogen-bond donors (Lipinski definition) is 1. The quantitative estimate of drug-likeness (QED) is 0.417. The first-order chi connectivity index (χ1) is 15.2. The second-order valence-corrected chi connectivity index (χ2v) is 8.78. The van der Waals surface area contributed by atoms with Crippen molar-refractivity contribution in [1.29, 1.82) is 0 Å². The van der Waals surface area contributed by atoms with Gasteiger partial charge < -0.3 is 10.2 Å². The minimum absolute atomic E-state index is 0.0331. The molecular weight excluding hydrogens is 404 g/mol. The minimum Gasteiger partial charge on any atom is -0.354 e. The Morgan fingerprint density at radius 1 is 0.968 bits per heavy atom. The van der Waals surface area contributed by atoms with E-state index in [1.54, 1.807) is 16.7 Å². The van der Waals surface area contributed by atoms with Gasteiger partial charge in [-0.3, -0.25) is 9.59 Å². The van der Waals surface area contributed by atoms with Gasteiger partial charge in [-0.15, -0.1) is 0 Å². The molecule has 0 radical (unpaired) electrons. The fourth-order valence-electron chi connectivity index (χ4n) is 3.47. The van der Waals surface area contributed by atoms with E-state index in [9.17, 15) is 9.59 Å². The number of carbonyl (C=O) groups is 2. The van der Waals surface area contributed by atoms with Gasteiger partial charge in [-0.25, -0.2) is 0 Å². The van der Waals surface area contributed by atoms with Crippen molar-refractivity contribution in [3.05, 3.63) is 71.8 Å². The van der Waals surface area contributed by atoms with Gasteiger partial charge in [-0.1, -0.05) is 80.9 Å². The SMILES string of the molecule is CCCCNC(=O)C(CC)N(CCc1ccccc1)C(=O)CCSCc1ccccc1. The molecule has 4 nitrogen and oxygen atoms in total. The highest BCUT2D eigenvalue weighted by atomic mass is 32.2. The van der Waals surface area contributed by atoms with Crippen LogP contribution in [0.3, 0.4) is 0 Å². The van der Waals surface area contributed by atoms with Crippen molar-refractivity contribution < 1.29 is 9.59 Å². The smallest absolute Gasteiger partial charge is 0.242 e. The maximum Gasteiger partial charge on any atom is 0.242 e. The highest BCUT2D eigenvalue weighted by molar-refractivity contribution is 7.98. The van der Waals surface area contributed by atoms with Crippen molar-refractivity contribution in [3.63, 3.8) is 0 Å². The van der Waals surface area contributed by atoms with Crippen molar-refractivity contribution in [3.8, 4) is 0 Å². The number of amides is 2. The standard InChI is InChI=1S/C26H36N2O2S/c1-3-5-18-27-26(30)24(4-2)28(19-16-22-12-8-6-9-13-22)25(29)17-20-31-21-23-14-10-7-11-15-23/h6-15,24H,3-5,16-21H2,1-2H3,(H,27,30). The summed E-state index contributed by atoms with van der Waals surface area (Å²) in [6.45, 7) is 5.31. The Morgan fingerprint density at radius 3 is 2.23 bits per heavy atom. The number of benzene rings is 2. The van der Waals surface area contributed by atoms with Crippen molar-refractivity contribution in [1.82, 2.24) is 10.2 Å². The van der Waals surface area contributed by atoms with Crippen molar-refractivity contribution in [2.24, 2.45) is 0 Å². The Labute approximate surface area is 191 Å². The molecule has 0 fully saturated rings. The number of rotatable bonds is 14. The van der Waals surface area contributed by atoms with E-state index in [2.05, 4.69) is 36.5 Å². The molecule has 0 bridgehead atoms. The summed E-state index contributed by atoms with van der Waals surface area (Å²) in [4.78, 5) is 27.8. The van der Waals surface area contributed by atoms with Crippen molar-refractivity contribution in [2.75, 3.05) is 18.8 Å².